The topological polar surface area (TPSA) is 34.9 Å². The molecule has 3 nitrogen and oxygen atoms in total. The van der Waals surface area contributed by atoms with E-state index in [0.29, 0.717) is 17.5 Å². The van der Waals surface area contributed by atoms with Crippen molar-refractivity contribution in [3.05, 3.63) is 47.3 Å². The number of aldehydes is 1. The number of rotatable bonds is 2. The molecule has 0 bridgehead atoms. The van der Waals surface area contributed by atoms with Gasteiger partial charge in [0.2, 0.25) is 0 Å². The van der Waals surface area contributed by atoms with Crippen molar-refractivity contribution in [3.63, 3.8) is 0 Å². The predicted octanol–water partition coefficient (Wildman–Crippen LogP) is 2.44. The van der Waals surface area contributed by atoms with Crippen molar-refractivity contribution in [3.8, 4) is 5.69 Å². The lowest BCUT2D eigenvalue weighted by molar-refractivity contribution is 0.112. The van der Waals surface area contributed by atoms with Crippen LogP contribution in [0.2, 0.25) is 0 Å². The van der Waals surface area contributed by atoms with E-state index >= 15 is 0 Å². The normalized spacial score (nSPS) is 10.4. The first-order chi connectivity index (χ1) is 7.61. The molecule has 0 saturated carbocycles. The SMILES string of the molecule is Cc1cn(-c2ccc(F)cc2C=O)c(C)n1. The number of aryl methyl sites for hydroxylation is 2. The third-order valence-corrected chi connectivity index (χ3v) is 2.38. The van der Waals surface area contributed by atoms with Gasteiger partial charge in [0.25, 0.3) is 0 Å². The summed E-state index contributed by atoms with van der Waals surface area (Å²) in [5.41, 5.74) is 1.83. The molecular weight excluding hydrogens is 207 g/mol. The Morgan fingerprint density at radius 1 is 1.38 bits per heavy atom. The summed E-state index contributed by atoms with van der Waals surface area (Å²) in [6.07, 6.45) is 2.46. The molecule has 0 radical (unpaired) electrons. The van der Waals surface area contributed by atoms with Crippen LogP contribution in [0.5, 0.6) is 0 Å². The highest BCUT2D eigenvalue weighted by Crippen LogP contribution is 2.17. The lowest BCUT2D eigenvalue weighted by Crippen LogP contribution is -2.00. The van der Waals surface area contributed by atoms with Crippen molar-refractivity contribution < 1.29 is 9.18 Å². The second-order valence-corrected chi connectivity index (χ2v) is 3.62. The van der Waals surface area contributed by atoms with Gasteiger partial charge in [-0.1, -0.05) is 0 Å². The minimum Gasteiger partial charge on any atom is -0.303 e. The Morgan fingerprint density at radius 3 is 2.69 bits per heavy atom. The molecule has 1 heterocycles. The van der Waals surface area contributed by atoms with Gasteiger partial charge >= 0.3 is 0 Å². The molecule has 1 aromatic heterocycles. The van der Waals surface area contributed by atoms with Gasteiger partial charge in [-0.05, 0) is 32.0 Å². The Labute approximate surface area is 92.5 Å². The van der Waals surface area contributed by atoms with Crippen LogP contribution in [0, 0.1) is 19.7 Å². The van der Waals surface area contributed by atoms with Crippen molar-refractivity contribution >= 4 is 6.29 Å². The smallest absolute Gasteiger partial charge is 0.152 e. The van der Waals surface area contributed by atoms with Gasteiger partial charge in [0.15, 0.2) is 6.29 Å². The molecule has 0 saturated heterocycles. The first-order valence-electron chi connectivity index (χ1n) is 4.89. The van der Waals surface area contributed by atoms with E-state index in [1.807, 2.05) is 20.0 Å². The first kappa shape index (κ1) is 10.5. The largest absolute Gasteiger partial charge is 0.303 e. The average Bonchev–Trinajstić information content (AvgIpc) is 2.57. The van der Waals surface area contributed by atoms with Crippen molar-refractivity contribution in [2.45, 2.75) is 13.8 Å². The second kappa shape index (κ2) is 3.89. The summed E-state index contributed by atoms with van der Waals surface area (Å²) >= 11 is 0. The molecule has 0 aliphatic carbocycles. The summed E-state index contributed by atoms with van der Waals surface area (Å²) < 4.78 is 14.7. The number of benzene rings is 1. The van der Waals surface area contributed by atoms with E-state index in [1.54, 1.807) is 10.6 Å². The number of carbonyl (C=O) groups excluding carboxylic acids is 1. The monoisotopic (exact) mass is 218 g/mol. The Balaban J connectivity index is 2.63. The van der Waals surface area contributed by atoms with E-state index in [4.69, 9.17) is 0 Å². The maximum Gasteiger partial charge on any atom is 0.152 e. The van der Waals surface area contributed by atoms with E-state index in [2.05, 4.69) is 4.98 Å². The van der Waals surface area contributed by atoms with E-state index in [-0.39, 0.29) is 0 Å². The third kappa shape index (κ3) is 1.74. The van der Waals surface area contributed by atoms with Crippen LogP contribution >= 0.6 is 0 Å². The van der Waals surface area contributed by atoms with Crippen LogP contribution < -0.4 is 0 Å². The number of hydrogen-bond acceptors (Lipinski definition) is 2. The first-order valence-corrected chi connectivity index (χ1v) is 4.89. The molecular formula is C12H11FN2O. The summed E-state index contributed by atoms with van der Waals surface area (Å²) in [7, 11) is 0. The number of hydrogen-bond donors (Lipinski definition) is 0. The van der Waals surface area contributed by atoms with E-state index in [1.165, 1.54) is 12.1 Å². The fraction of sp³-hybridized carbons (Fsp3) is 0.167. The number of carbonyl (C=O) groups is 1. The van der Waals surface area contributed by atoms with Gasteiger partial charge in [-0.3, -0.25) is 4.79 Å². The van der Waals surface area contributed by atoms with Gasteiger partial charge in [-0.2, -0.15) is 0 Å². The fourth-order valence-electron chi connectivity index (χ4n) is 1.70. The van der Waals surface area contributed by atoms with Crippen LogP contribution in [0.3, 0.4) is 0 Å². The number of aromatic nitrogens is 2. The molecule has 0 N–H and O–H groups in total. The zero-order chi connectivity index (χ0) is 11.7. The van der Waals surface area contributed by atoms with E-state index in [9.17, 15) is 9.18 Å². The predicted molar refractivity (Wildman–Crippen MR) is 58.4 cm³/mol. The van der Waals surface area contributed by atoms with Gasteiger partial charge in [-0.15, -0.1) is 0 Å². The van der Waals surface area contributed by atoms with Gasteiger partial charge in [0.1, 0.15) is 11.6 Å². The molecule has 0 spiro atoms. The Bertz CT molecular complexity index is 546. The van der Waals surface area contributed by atoms with Crippen LogP contribution in [0.15, 0.2) is 24.4 Å². The quantitative estimate of drug-likeness (QED) is 0.725. The zero-order valence-electron chi connectivity index (χ0n) is 9.07. The molecule has 0 aliphatic rings. The molecule has 16 heavy (non-hydrogen) atoms. The van der Waals surface area contributed by atoms with E-state index in [0.717, 1.165) is 11.5 Å². The Kier molecular flexibility index (Phi) is 2.56. The summed E-state index contributed by atoms with van der Waals surface area (Å²) in [6, 6.07) is 4.13. The van der Waals surface area contributed by atoms with Gasteiger partial charge in [-0.25, -0.2) is 9.37 Å². The minimum atomic E-state index is -0.416. The summed E-state index contributed by atoms with van der Waals surface area (Å²) in [5.74, 6) is 0.354. The molecule has 1 aromatic carbocycles. The molecule has 2 aromatic rings. The van der Waals surface area contributed by atoms with Crippen molar-refractivity contribution in [2.75, 3.05) is 0 Å². The standard InChI is InChI=1S/C12H11FN2O/c1-8-6-15(9(2)14-8)12-4-3-11(13)5-10(12)7-16/h3-7H,1-2H3. The number of imidazole rings is 1. The van der Waals surface area contributed by atoms with Crippen molar-refractivity contribution in [2.24, 2.45) is 0 Å². The van der Waals surface area contributed by atoms with Crippen LogP contribution in [0.1, 0.15) is 21.9 Å². The highest BCUT2D eigenvalue weighted by atomic mass is 19.1. The van der Waals surface area contributed by atoms with Gasteiger partial charge in [0.05, 0.1) is 11.4 Å². The molecule has 4 heteroatoms. The average molecular weight is 218 g/mol. The maximum absolute atomic E-state index is 13.0. The molecule has 2 rings (SSSR count). The van der Waals surface area contributed by atoms with Gasteiger partial charge < -0.3 is 4.57 Å². The van der Waals surface area contributed by atoms with Crippen LogP contribution in [-0.4, -0.2) is 15.8 Å². The van der Waals surface area contributed by atoms with Crippen LogP contribution in [-0.2, 0) is 0 Å². The minimum absolute atomic E-state index is 0.320. The summed E-state index contributed by atoms with van der Waals surface area (Å²) in [5, 5.41) is 0. The molecule has 0 atom stereocenters. The zero-order valence-corrected chi connectivity index (χ0v) is 9.07. The number of halogens is 1. The Hall–Kier alpha value is -1.97. The number of nitrogens with zero attached hydrogens (tertiary/aromatic N) is 2. The van der Waals surface area contributed by atoms with Crippen molar-refractivity contribution in [1.82, 2.24) is 9.55 Å². The third-order valence-electron chi connectivity index (χ3n) is 2.38. The van der Waals surface area contributed by atoms with Crippen molar-refractivity contribution in [1.29, 1.82) is 0 Å². The molecule has 0 amide bonds. The highest BCUT2D eigenvalue weighted by Gasteiger charge is 2.08. The molecule has 0 fully saturated rings. The Morgan fingerprint density at radius 2 is 2.12 bits per heavy atom. The summed E-state index contributed by atoms with van der Waals surface area (Å²) in [6.45, 7) is 3.71. The van der Waals surface area contributed by atoms with Crippen LogP contribution in [0.4, 0.5) is 4.39 Å². The molecule has 82 valence electrons. The van der Waals surface area contributed by atoms with E-state index < -0.39 is 5.82 Å². The molecule has 0 unspecified atom stereocenters. The van der Waals surface area contributed by atoms with Crippen LogP contribution in [0.25, 0.3) is 5.69 Å². The summed E-state index contributed by atoms with van der Waals surface area (Å²) in [4.78, 5) is 15.1. The second-order valence-electron chi connectivity index (χ2n) is 3.62. The highest BCUT2D eigenvalue weighted by molar-refractivity contribution is 5.81. The lowest BCUT2D eigenvalue weighted by Gasteiger charge is -2.07. The van der Waals surface area contributed by atoms with Gasteiger partial charge in [0, 0.05) is 11.8 Å². The maximum atomic E-state index is 13.0. The lowest BCUT2D eigenvalue weighted by atomic mass is 10.2. The molecule has 0 aliphatic heterocycles. The fourth-order valence-corrected chi connectivity index (χ4v) is 1.70.